The van der Waals surface area contributed by atoms with Crippen LogP contribution in [0.1, 0.15) is 39.5 Å². The standard InChI is InChI=1S/C20H24B2N6O2/c1-11(7-12(2)26-14-8-13(23)24-9-25-14)15-18(30)27-20(28(15)10-29)6-5-19(3-4-19)16(21)17(20)22/h7-10,16-17H,3-6H2,1-2H3,(H,27,30)(H3,23,24,25,26)/b12-7+,15-11-/t16-,17+,20?/m1/s1. The first kappa shape index (κ1) is 20.5. The summed E-state index contributed by atoms with van der Waals surface area (Å²) in [6.07, 6.45) is 7.34. The molecule has 4 radical (unpaired) electrons. The monoisotopic (exact) mass is 402 g/mol. The number of hydrogen-bond acceptors (Lipinski definition) is 6. The van der Waals surface area contributed by atoms with Gasteiger partial charge >= 0.3 is 0 Å². The molecule has 3 fully saturated rings. The molecule has 0 aromatic carbocycles. The van der Waals surface area contributed by atoms with E-state index in [1.807, 2.05) is 6.92 Å². The maximum absolute atomic E-state index is 12.9. The molecule has 2 spiro atoms. The lowest BCUT2D eigenvalue weighted by Gasteiger charge is -2.51. The Labute approximate surface area is 178 Å². The Kier molecular flexibility index (Phi) is 4.90. The largest absolute Gasteiger partial charge is 0.384 e. The number of hydrogen-bond donors (Lipinski definition) is 3. The van der Waals surface area contributed by atoms with Gasteiger partial charge in [-0.2, -0.15) is 0 Å². The number of nitrogens with two attached hydrogens (primary N) is 1. The molecule has 10 heteroatoms. The van der Waals surface area contributed by atoms with Gasteiger partial charge in [0.1, 0.15) is 29.3 Å². The molecule has 2 amide bonds. The molecule has 2 heterocycles. The number of anilines is 2. The number of nitrogen functional groups attached to an aromatic ring is 1. The van der Waals surface area contributed by atoms with Gasteiger partial charge in [0.15, 0.2) is 0 Å². The van der Waals surface area contributed by atoms with Crippen LogP contribution in [0.15, 0.2) is 35.4 Å². The first-order valence-electron chi connectivity index (χ1n) is 10.0. The molecular formula is C20H24B2N6O2. The Morgan fingerprint density at radius 1 is 1.27 bits per heavy atom. The third-order valence-corrected chi connectivity index (χ3v) is 6.68. The van der Waals surface area contributed by atoms with Crippen molar-refractivity contribution in [3.05, 3.63) is 35.4 Å². The highest BCUT2D eigenvalue weighted by Gasteiger charge is 2.61. The molecule has 152 valence electrons. The molecule has 4 N–H and O–H groups in total. The van der Waals surface area contributed by atoms with E-state index >= 15 is 0 Å². The van der Waals surface area contributed by atoms with Crippen LogP contribution in [0.25, 0.3) is 0 Å². The van der Waals surface area contributed by atoms with Crippen LogP contribution in [-0.4, -0.2) is 48.5 Å². The first-order valence-corrected chi connectivity index (χ1v) is 10.0. The lowest BCUT2D eigenvalue weighted by Crippen LogP contribution is -2.58. The van der Waals surface area contributed by atoms with E-state index in [2.05, 4.69) is 20.6 Å². The van der Waals surface area contributed by atoms with E-state index < -0.39 is 11.5 Å². The smallest absolute Gasteiger partial charge is 0.270 e. The molecule has 2 saturated carbocycles. The SMILES string of the molecule is [B][C@@H]1[C@H]([B])C2(CCC13CC3)NC(=O)/C(=C(C)/C=C(\C)Nc1cc(N)ncn1)N2C=O. The average Bonchev–Trinajstić information content (AvgIpc) is 3.41. The third-order valence-electron chi connectivity index (χ3n) is 6.68. The van der Waals surface area contributed by atoms with Crippen molar-refractivity contribution in [2.45, 2.75) is 56.8 Å². The van der Waals surface area contributed by atoms with Crippen molar-refractivity contribution < 1.29 is 9.59 Å². The maximum Gasteiger partial charge on any atom is 0.270 e. The van der Waals surface area contributed by atoms with Crippen LogP contribution in [0.3, 0.4) is 0 Å². The fourth-order valence-corrected chi connectivity index (χ4v) is 4.83. The molecule has 3 atom stereocenters. The third kappa shape index (κ3) is 3.18. The van der Waals surface area contributed by atoms with Crippen LogP contribution in [0.5, 0.6) is 0 Å². The van der Waals surface area contributed by atoms with Gasteiger partial charge in [-0.1, -0.05) is 5.82 Å². The predicted octanol–water partition coefficient (Wildman–Crippen LogP) is 1.42. The molecule has 3 aliphatic rings. The Hall–Kier alpha value is -2.77. The molecule has 1 saturated heterocycles. The first-order chi connectivity index (χ1) is 14.2. The topological polar surface area (TPSA) is 113 Å². The molecule has 1 unspecified atom stereocenters. The normalized spacial score (nSPS) is 31.6. The second kappa shape index (κ2) is 7.18. The highest BCUT2D eigenvalue weighted by Crippen LogP contribution is 2.67. The minimum absolute atomic E-state index is 0.0608. The number of aromatic nitrogens is 2. The Morgan fingerprint density at radius 2 is 1.97 bits per heavy atom. The van der Waals surface area contributed by atoms with Crippen LogP contribution >= 0.6 is 0 Å². The molecule has 1 aromatic heterocycles. The molecular weight excluding hydrogens is 378 g/mol. The van der Waals surface area contributed by atoms with E-state index in [1.165, 1.54) is 11.2 Å². The van der Waals surface area contributed by atoms with E-state index in [0.717, 1.165) is 25.0 Å². The van der Waals surface area contributed by atoms with Crippen LogP contribution in [0.4, 0.5) is 11.6 Å². The predicted molar refractivity (Wildman–Crippen MR) is 115 cm³/mol. The second-order valence-electron chi connectivity index (χ2n) is 8.58. The number of amides is 2. The number of carbonyl (C=O) groups excluding carboxylic acids is 2. The van der Waals surface area contributed by atoms with Crippen LogP contribution in [0, 0.1) is 5.41 Å². The molecule has 1 aromatic rings. The number of carbonyl (C=O) groups is 2. The van der Waals surface area contributed by atoms with Gasteiger partial charge in [-0.15, -0.1) is 0 Å². The van der Waals surface area contributed by atoms with Gasteiger partial charge in [0.2, 0.25) is 6.41 Å². The summed E-state index contributed by atoms with van der Waals surface area (Å²) in [7, 11) is 13.0. The zero-order valence-corrected chi connectivity index (χ0v) is 17.2. The van der Waals surface area contributed by atoms with Crippen molar-refractivity contribution in [3.8, 4) is 0 Å². The Bertz CT molecular complexity index is 960. The summed E-state index contributed by atoms with van der Waals surface area (Å²) in [5.41, 5.74) is 6.37. The fraction of sp³-hybridized carbons (Fsp3) is 0.500. The van der Waals surface area contributed by atoms with Gasteiger partial charge in [-0.05, 0) is 62.4 Å². The van der Waals surface area contributed by atoms with Crippen LogP contribution in [0.2, 0.25) is 11.6 Å². The van der Waals surface area contributed by atoms with Gasteiger partial charge in [-0.25, -0.2) is 9.97 Å². The van der Waals surface area contributed by atoms with E-state index in [-0.39, 0.29) is 22.8 Å². The fourth-order valence-electron chi connectivity index (χ4n) is 4.83. The molecule has 30 heavy (non-hydrogen) atoms. The molecule has 4 rings (SSSR count). The van der Waals surface area contributed by atoms with Crippen molar-refractivity contribution in [1.29, 1.82) is 0 Å². The Balaban J connectivity index is 1.63. The van der Waals surface area contributed by atoms with E-state index in [1.54, 1.807) is 19.1 Å². The zero-order chi connectivity index (χ0) is 21.7. The van der Waals surface area contributed by atoms with Gasteiger partial charge in [-0.3, -0.25) is 14.5 Å². The summed E-state index contributed by atoms with van der Waals surface area (Å²) >= 11 is 0. The zero-order valence-electron chi connectivity index (χ0n) is 17.2. The van der Waals surface area contributed by atoms with Crippen LogP contribution in [-0.2, 0) is 9.59 Å². The summed E-state index contributed by atoms with van der Waals surface area (Å²) in [5.74, 6) is -0.264. The van der Waals surface area contributed by atoms with E-state index in [9.17, 15) is 9.59 Å². The van der Waals surface area contributed by atoms with Crippen molar-refractivity contribution >= 4 is 39.6 Å². The Morgan fingerprint density at radius 3 is 2.60 bits per heavy atom. The maximum atomic E-state index is 12.9. The lowest BCUT2D eigenvalue weighted by atomic mass is 9.50. The minimum atomic E-state index is -0.987. The highest BCUT2D eigenvalue weighted by atomic mass is 16.2. The summed E-state index contributed by atoms with van der Waals surface area (Å²) in [5, 5.41) is 6.09. The molecule has 1 aliphatic heterocycles. The average molecular weight is 402 g/mol. The minimum Gasteiger partial charge on any atom is -0.384 e. The van der Waals surface area contributed by atoms with Crippen LogP contribution < -0.4 is 16.4 Å². The van der Waals surface area contributed by atoms with Gasteiger partial charge in [0.25, 0.3) is 5.91 Å². The van der Waals surface area contributed by atoms with E-state index in [4.69, 9.17) is 21.4 Å². The summed E-state index contributed by atoms with van der Waals surface area (Å²) < 4.78 is 0. The second-order valence-corrected chi connectivity index (χ2v) is 8.58. The van der Waals surface area contributed by atoms with E-state index in [0.29, 0.717) is 30.0 Å². The molecule has 2 aliphatic carbocycles. The summed E-state index contributed by atoms with van der Waals surface area (Å²) in [6.45, 7) is 3.61. The number of nitrogens with one attached hydrogen (secondary N) is 2. The van der Waals surface area contributed by atoms with Crippen molar-refractivity contribution in [3.63, 3.8) is 0 Å². The molecule has 0 bridgehead atoms. The number of nitrogens with zero attached hydrogens (tertiary/aromatic N) is 3. The molecule has 8 nitrogen and oxygen atoms in total. The quantitative estimate of drug-likeness (QED) is 0.399. The van der Waals surface area contributed by atoms with Gasteiger partial charge in [0.05, 0.1) is 15.7 Å². The lowest BCUT2D eigenvalue weighted by molar-refractivity contribution is -0.122. The summed E-state index contributed by atoms with van der Waals surface area (Å²) in [4.78, 5) is 34.4. The van der Waals surface area contributed by atoms with Gasteiger partial charge < -0.3 is 16.4 Å². The number of allylic oxidation sites excluding steroid dienone is 3. The highest BCUT2D eigenvalue weighted by molar-refractivity contribution is 6.23. The number of rotatable bonds is 4. The van der Waals surface area contributed by atoms with Crippen molar-refractivity contribution in [2.75, 3.05) is 11.1 Å². The van der Waals surface area contributed by atoms with Gasteiger partial charge in [0, 0.05) is 11.8 Å². The van der Waals surface area contributed by atoms with Crippen molar-refractivity contribution in [2.24, 2.45) is 5.41 Å². The summed E-state index contributed by atoms with van der Waals surface area (Å²) in [6, 6.07) is 1.60. The van der Waals surface area contributed by atoms with Crippen molar-refractivity contribution in [1.82, 2.24) is 20.2 Å².